The molecule has 2 aromatic rings. The number of rotatable bonds is 2. The summed E-state index contributed by atoms with van der Waals surface area (Å²) < 4.78 is 40.4. The molecule has 8 heteroatoms. The van der Waals surface area contributed by atoms with E-state index in [1.54, 1.807) is 41.9 Å². The number of amides is 1. The molecule has 0 spiro atoms. The number of benzene rings is 1. The number of hydrogen-bond acceptors (Lipinski definition) is 3. The zero-order valence-electron chi connectivity index (χ0n) is 16.6. The van der Waals surface area contributed by atoms with Crippen molar-refractivity contribution in [3.63, 3.8) is 0 Å². The first-order valence-corrected chi connectivity index (χ1v) is 9.11. The zero-order valence-corrected chi connectivity index (χ0v) is 16.6. The molecule has 1 atom stereocenters. The van der Waals surface area contributed by atoms with Crippen LogP contribution in [0.5, 0.6) is 0 Å². The predicted octanol–water partition coefficient (Wildman–Crippen LogP) is 4.49. The first-order chi connectivity index (χ1) is 13.2. The fraction of sp³-hybridized carbons (Fsp3) is 0.400. The van der Waals surface area contributed by atoms with Crippen molar-refractivity contribution < 1.29 is 18.0 Å². The molecule has 1 saturated heterocycles. The number of allylic oxidation sites excluding steroid dienone is 1. The maximum atomic E-state index is 12.9. The monoisotopic (exact) mass is 394 g/mol. The average molecular weight is 394 g/mol. The SMILES string of the molecule is C/C=C1/NC(c2cc(-c3cccc(C(F)(F)F)c3)nn2C)CC(=O)N1C.CC. The summed E-state index contributed by atoms with van der Waals surface area (Å²) in [6.07, 6.45) is -2.36. The quantitative estimate of drug-likeness (QED) is 0.817. The van der Waals surface area contributed by atoms with Crippen LogP contribution in [0.3, 0.4) is 0 Å². The highest BCUT2D eigenvalue weighted by Crippen LogP contribution is 2.33. The van der Waals surface area contributed by atoms with E-state index in [1.807, 2.05) is 20.8 Å². The smallest absolute Gasteiger partial charge is 0.363 e. The van der Waals surface area contributed by atoms with Crippen LogP contribution in [0.25, 0.3) is 11.3 Å². The highest BCUT2D eigenvalue weighted by atomic mass is 19.4. The van der Waals surface area contributed by atoms with Gasteiger partial charge >= 0.3 is 6.18 Å². The molecule has 1 amide bonds. The largest absolute Gasteiger partial charge is 0.416 e. The van der Waals surface area contributed by atoms with Crippen LogP contribution in [0.15, 0.2) is 42.2 Å². The molecular weight excluding hydrogens is 369 g/mol. The molecule has 1 fully saturated rings. The fourth-order valence-corrected chi connectivity index (χ4v) is 3.03. The maximum Gasteiger partial charge on any atom is 0.416 e. The molecule has 0 aliphatic carbocycles. The van der Waals surface area contributed by atoms with Crippen molar-refractivity contribution in [2.45, 2.75) is 39.4 Å². The summed E-state index contributed by atoms with van der Waals surface area (Å²) in [5, 5.41) is 7.61. The van der Waals surface area contributed by atoms with Crippen LogP contribution in [0.2, 0.25) is 0 Å². The molecule has 1 unspecified atom stereocenters. The van der Waals surface area contributed by atoms with Crippen molar-refractivity contribution in [3.05, 3.63) is 53.5 Å². The molecule has 1 aliphatic heterocycles. The van der Waals surface area contributed by atoms with Crippen LogP contribution >= 0.6 is 0 Å². The highest BCUT2D eigenvalue weighted by Gasteiger charge is 2.32. The van der Waals surface area contributed by atoms with Crippen LogP contribution in [0.4, 0.5) is 13.2 Å². The summed E-state index contributed by atoms with van der Waals surface area (Å²) in [7, 11) is 3.41. The van der Waals surface area contributed by atoms with Crippen molar-refractivity contribution in [2.75, 3.05) is 7.05 Å². The van der Waals surface area contributed by atoms with Gasteiger partial charge in [0.25, 0.3) is 0 Å². The second kappa shape index (κ2) is 8.50. The Kier molecular flexibility index (Phi) is 6.53. The van der Waals surface area contributed by atoms with Gasteiger partial charge in [-0.1, -0.05) is 26.0 Å². The summed E-state index contributed by atoms with van der Waals surface area (Å²) in [5.74, 6) is 0.650. The first-order valence-electron chi connectivity index (χ1n) is 9.11. The van der Waals surface area contributed by atoms with E-state index in [9.17, 15) is 18.0 Å². The predicted molar refractivity (Wildman–Crippen MR) is 102 cm³/mol. The summed E-state index contributed by atoms with van der Waals surface area (Å²) in [6.45, 7) is 5.83. The number of nitrogens with zero attached hydrogens (tertiary/aromatic N) is 3. The lowest BCUT2D eigenvalue weighted by atomic mass is 10.0. The Balaban J connectivity index is 0.00000136. The van der Waals surface area contributed by atoms with Gasteiger partial charge < -0.3 is 10.2 Å². The van der Waals surface area contributed by atoms with Gasteiger partial charge in [0.1, 0.15) is 5.82 Å². The Labute approximate surface area is 162 Å². The van der Waals surface area contributed by atoms with Gasteiger partial charge in [-0.15, -0.1) is 0 Å². The van der Waals surface area contributed by atoms with E-state index in [0.717, 1.165) is 17.8 Å². The molecule has 0 saturated carbocycles. The molecule has 0 radical (unpaired) electrons. The van der Waals surface area contributed by atoms with Crippen LogP contribution in [0.1, 0.15) is 44.5 Å². The van der Waals surface area contributed by atoms with E-state index >= 15 is 0 Å². The summed E-state index contributed by atoms with van der Waals surface area (Å²) in [6, 6.07) is 6.49. The van der Waals surface area contributed by atoms with Gasteiger partial charge in [0.2, 0.25) is 5.91 Å². The number of carbonyl (C=O) groups excluding carboxylic acids is 1. The number of hydrogen-bond donors (Lipinski definition) is 1. The second-order valence-corrected chi connectivity index (χ2v) is 6.18. The van der Waals surface area contributed by atoms with Crippen LogP contribution in [-0.2, 0) is 18.0 Å². The van der Waals surface area contributed by atoms with Crippen molar-refractivity contribution >= 4 is 5.91 Å². The maximum absolute atomic E-state index is 12.9. The lowest BCUT2D eigenvalue weighted by molar-refractivity contribution is -0.137. The Morgan fingerprint density at radius 1 is 1.21 bits per heavy atom. The molecular formula is C20H25F3N4O. The molecule has 0 bridgehead atoms. The van der Waals surface area contributed by atoms with Gasteiger partial charge in [-0.3, -0.25) is 9.48 Å². The number of nitrogens with one attached hydrogen (secondary N) is 1. The molecule has 1 aromatic carbocycles. The van der Waals surface area contributed by atoms with Crippen molar-refractivity contribution in [2.24, 2.45) is 7.05 Å². The third kappa shape index (κ3) is 4.37. The number of alkyl halides is 3. The van der Waals surface area contributed by atoms with Gasteiger partial charge in [0.05, 0.1) is 29.4 Å². The third-order valence-electron chi connectivity index (χ3n) is 4.47. The van der Waals surface area contributed by atoms with Gasteiger partial charge in [0, 0.05) is 19.7 Å². The molecule has 2 heterocycles. The van der Waals surface area contributed by atoms with E-state index in [4.69, 9.17) is 0 Å². The molecule has 3 rings (SSSR count). The normalized spacial score (nSPS) is 18.6. The lowest BCUT2D eigenvalue weighted by Crippen LogP contribution is -2.43. The Morgan fingerprint density at radius 3 is 2.50 bits per heavy atom. The molecule has 5 nitrogen and oxygen atoms in total. The Morgan fingerprint density at radius 2 is 1.89 bits per heavy atom. The van der Waals surface area contributed by atoms with Gasteiger partial charge in [-0.2, -0.15) is 18.3 Å². The minimum atomic E-state index is -4.41. The molecule has 1 aliphatic rings. The second-order valence-electron chi connectivity index (χ2n) is 6.18. The number of aryl methyl sites for hydroxylation is 1. The summed E-state index contributed by atoms with van der Waals surface area (Å²) in [5.41, 5.74) is 0.834. The topological polar surface area (TPSA) is 50.2 Å². The van der Waals surface area contributed by atoms with E-state index in [1.165, 1.54) is 6.07 Å². The van der Waals surface area contributed by atoms with Crippen molar-refractivity contribution in [1.82, 2.24) is 20.0 Å². The van der Waals surface area contributed by atoms with E-state index in [-0.39, 0.29) is 18.4 Å². The van der Waals surface area contributed by atoms with Crippen LogP contribution in [-0.4, -0.2) is 27.6 Å². The minimum Gasteiger partial charge on any atom is -0.363 e. The van der Waals surface area contributed by atoms with E-state index < -0.39 is 11.7 Å². The molecule has 152 valence electrons. The average Bonchev–Trinajstić information content (AvgIpc) is 3.06. The summed E-state index contributed by atoms with van der Waals surface area (Å²) in [4.78, 5) is 13.7. The van der Waals surface area contributed by atoms with Gasteiger partial charge in [0.15, 0.2) is 0 Å². The number of carbonyl (C=O) groups is 1. The van der Waals surface area contributed by atoms with Crippen LogP contribution < -0.4 is 5.32 Å². The molecule has 1 aromatic heterocycles. The van der Waals surface area contributed by atoms with E-state index in [0.29, 0.717) is 17.1 Å². The summed E-state index contributed by atoms with van der Waals surface area (Å²) >= 11 is 0. The van der Waals surface area contributed by atoms with Gasteiger partial charge in [-0.25, -0.2) is 0 Å². The van der Waals surface area contributed by atoms with Gasteiger partial charge in [-0.05, 0) is 31.2 Å². The Bertz CT molecular complexity index is 871. The van der Waals surface area contributed by atoms with Crippen molar-refractivity contribution in [1.29, 1.82) is 0 Å². The number of halogens is 3. The molecule has 1 N–H and O–H groups in total. The minimum absolute atomic E-state index is 0.0383. The highest BCUT2D eigenvalue weighted by molar-refractivity contribution is 5.79. The molecule has 28 heavy (non-hydrogen) atoms. The van der Waals surface area contributed by atoms with Crippen LogP contribution in [0, 0.1) is 0 Å². The third-order valence-corrected chi connectivity index (χ3v) is 4.47. The first kappa shape index (κ1) is 21.5. The Hall–Kier alpha value is -2.77. The fourth-order valence-electron chi connectivity index (χ4n) is 3.03. The lowest BCUT2D eigenvalue weighted by Gasteiger charge is -2.33. The zero-order chi connectivity index (χ0) is 21.1. The number of aromatic nitrogens is 2. The van der Waals surface area contributed by atoms with E-state index in [2.05, 4.69) is 10.4 Å². The standard InChI is InChI=1S/C18H19F3N4O.C2H6/c1-4-16-22-14(10-17(26)24(16)2)15-9-13(23-25(15)3)11-6-5-7-12(8-11)18(19,20)21;1-2/h4-9,14,22H,10H2,1-3H3;1-2H3/b16-4-;. The van der Waals surface area contributed by atoms with Crippen molar-refractivity contribution in [3.8, 4) is 11.3 Å².